The number of hydrogen-bond acceptors (Lipinski definition) is 0. The fourth-order valence-corrected chi connectivity index (χ4v) is 9.33. The van der Waals surface area contributed by atoms with E-state index in [0.717, 1.165) is 12.8 Å². The van der Waals surface area contributed by atoms with Crippen molar-refractivity contribution in [3.05, 3.63) is 135 Å². The molecule has 0 bridgehead atoms. The standard InChI is InChI=1S/C26H24P2.C7H14.Pt/c1-5-13-23(14-6-1)27(24-15-7-2-8-16-24)21-22-28(25-17-9-3-10-18-25)26-19-11-4-12-20-26;1-3-5-7-6-4-2;/h1-20H,21-22H2;1-7H2;/q;-2;+2. The van der Waals surface area contributed by atoms with Crippen LogP contribution in [0.4, 0.5) is 0 Å². The Labute approximate surface area is 236 Å². The number of rotatable bonds is 11. The van der Waals surface area contributed by atoms with Crippen LogP contribution in [0.3, 0.4) is 0 Å². The van der Waals surface area contributed by atoms with Gasteiger partial charge in [0.15, 0.2) is 0 Å². The smallest absolute Gasteiger partial charge is 0.343 e. The summed E-state index contributed by atoms with van der Waals surface area (Å²) < 4.78 is 0. The van der Waals surface area contributed by atoms with E-state index in [2.05, 4.69) is 135 Å². The first kappa shape index (κ1) is 30.7. The molecule has 190 valence electrons. The predicted molar refractivity (Wildman–Crippen MR) is 162 cm³/mol. The van der Waals surface area contributed by atoms with Gasteiger partial charge in [0.2, 0.25) is 0 Å². The average Bonchev–Trinajstić information content (AvgIpc) is 2.94. The molecular weight excluding hydrogens is 653 g/mol. The predicted octanol–water partition coefficient (Wildman–Crippen LogP) is 7.85. The summed E-state index contributed by atoms with van der Waals surface area (Å²) in [7, 11) is -0.696. The zero-order valence-electron chi connectivity index (χ0n) is 21.1. The van der Waals surface area contributed by atoms with Gasteiger partial charge in [-0.25, -0.2) is 0 Å². The van der Waals surface area contributed by atoms with E-state index in [-0.39, 0.29) is 36.9 Å². The van der Waals surface area contributed by atoms with Crippen LogP contribution < -0.4 is 21.2 Å². The Balaban J connectivity index is 0.000000503. The quantitative estimate of drug-likeness (QED) is 0.0855. The second kappa shape index (κ2) is 18.6. The van der Waals surface area contributed by atoms with Crippen molar-refractivity contribution in [1.29, 1.82) is 0 Å². The molecular formula is C33H38P2Pt. The molecule has 4 rings (SSSR count). The maximum absolute atomic E-state index is 3.74. The Morgan fingerprint density at radius 2 is 0.639 bits per heavy atom. The third kappa shape index (κ3) is 10.4. The molecule has 0 aliphatic carbocycles. The summed E-state index contributed by atoms with van der Waals surface area (Å²) in [5, 5.41) is 5.89. The first-order valence-corrected chi connectivity index (χ1v) is 15.7. The van der Waals surface area contributed by atoms with Crippen LogP contribution >= 0.6 is 15.8 Å². The van der Waals surface area contributed by atoms with E-state index >= 15 is 0 Å². The van der Waals surface area contributed by atoms with Gasteiger partial charge in [0.1, 0.15) is 0 Å². The van der Waals surface area contributed by atoms with Gasteiger partial charge in [-0.2, -0.15) is 12.8 Å². The van der Waals surface area contributed by atoms with Crippen LogP contribution in [0.5, 0.6) is 0 Å². The third-order valence-corrected chi connectivity index (χ3v) is 11.2. The number of benzene rings is 4. The van der Waals surface area contributed by atoms with Crippen LogP contribution in [0, 0.1) is 13.8 Å². The zero-order valence-corrected chi connectivity index (χ0v) is 25.2. The Kier molecular flexibility index (Phi) is 15.9. The summed E-state index contributed by atoms with van der Waals surface area (Å²) in [4.78, 5) is 0. The first-order chi connectivity index (χ1) is 17.3. The van der Waals surface area contributed by atoms with E-state index in [9.17, 15) is 0 Å². The summed E-state index contributed by atoms with van der Waals surface area (Å²) in [5.74, 6) is 0. The van der Waals surface area contributed by atoms with E-state index in [1.165, 1.54) is 52.8 Å². The van der Waals surface area contributed by atoms with Crippen molar-refractivity contribution < 1.29 is 21.1 Å². The molecule has 4 aromatic rings. The molecule has 0 aliphatic heterocycles. The van der Waals surface area contributed by atoms with Gasteiger partial charge in [0.25, 0.3) is 0 Å². The van der Waals surface area contributed by atoms with Crippen molar-refractivity contribution in [2.45, 2.75) is 32.1 Å². The van der Waals surface area contributed by atoms with Gasteiger partial charge in [-0.15, -0.1) is 0 Å². The van der Waals surface area contributed by atoms with Crippen molar-refractivity contribution in [2.24, 2.45) is 0 Å². The normalized spacial score (nSPS) is 10.4. The van der Waals surface area contributed by atoms with Gasteiger partial charge in [0.05, 0.1) is 0 Å². The molecule has 4 aromatic carbocycles. The molecule has 0 atom stereocenters. The van der Waals surface area contributed by atoms with Gasteiger partial charge in [0, 0.05) is 0 Å². The molecule has 3 heteroatoms. The topological polar surface area (TPSA) is 0 Å². The fourth-order valence-electron chi connectivity index (χ4n) is 3.98. The fraction of sp³-hybridized carbons (Fsp3) is 0.212. The first-order valence-electron chi connectivity index (χ1n) is 12.7. The number of hydrogen-bond donors (Lipinski definition) is 0. The second-order valence-corrected chi connectivity index (χ2v) is 13.1. The van der Waals surface area contributed by atoms with Gasteiger partial charge in [-0.3, -0.25) is 0 Å². The second-order valence-electron chi connectivity index (χ2n) is 8.41. The SMILES string of the molecule is [CH2-]CCCCC[CH2-].[Pt+2].c1ccc(P(CCP(c2ccccc2)c2ccccc2)c2ccccc2)cc1. The van der Waals surface area contributed by atoms with E-state index < -0.39 is 0 Å². The van der Waals surface area contributed by atoms with E-state index in [4.69, 9.17) is 0 Å². The minimum atomic E-state index is -0.348. The van der Waals surface area contributed by atoms with Gasteiger partial charge in [-0.1, -0.05) is 141 Å². The summed E-state index contributed by atoms with van der Waals surface area (Å²) in [6.45, 7) is 7.47. The molecule has 0 heterocycles. The summed E-state index contributed by atoms with van der Waals surface area (Å²) in [6.07, 6.45) is 8.44. The Morgan fingerprint density at radius 3 is 0.861 bits per heavy atom. The zero-order chi connectivity index (χ0) is 24.6. The molecule has 0 spiro atoms. The molecule has 0 saturated heterocycles. The minimum Gasteiger partial charge on any atom is -0.343 e. The minimum absolute atomic E-state index is 0. The van der Waals surface area contributed by atoms with Crippen LogP contribution in [0.15, 0.2) is 121 Å². The summed E-state index contributed by atoms with van der Waals surface area (Å²) >= 11 is 0. The van der Waals surface area contributed by atoms with E-state index in [1.54, 1.807) is 0 Å². The van der Waals surface area contributed by atoms with Gasteiger partial charge >= 0.3 is 21.1 Å². The Hall–Kier alpha value is -1.57. The van der Waals surface area contributed by atoms with Crippen molar-refractivity contribution in [3.63, 3.8) is 0 Å². The van der Waals surface area contributed by atoms with Gasteiger partial charge in [-0.05, 0) is 49.4 Å². The molecule has 0 aromatic heterocycles. The van der Waals surface area contributed by atoms with Crippen LogP contribution in [0.1, 0.15) is 32.1 Å². The molecule has 0 amide bonds. The van der Waals surface area contributed by atoms with Crippen LogP contribution in [-0.2, 0) is 21.1 Å². The third-order valence-electron chi connectivity index (χ3n) is 5.82. The Morgan fingerprint density at radius 1 is 0.389 bits per heavy atom. The largest absolute Gasteiger partial charge is 2.00 e. The monoisotopic (exact) mass is 691 g/mol. The Bertz CT molecular complexity index is 874. The number of unbranched alkanes of at least 4 members (excludes halogenated alkanes) is 4. The van der Waals surface area contributed by atoms with Crippen LogP contribution in [-0.4, -0.2) is 12.3 Å². The van der Waals surface area contributed by atoms with Crippen LogP contribution in [0.2, 0.25) is 0 Å². The molecule has 0 aliphatic rings. The molecule has 0 radical (unpaired) electrons. The summed E-state index contributed by atoms with van der Waals surface area (Å²) in [5.41, 5.74) is 0. The maximum Gasteiger partial charge on any atom is 2.00 e. The van der Waals surface area contributed by atoms with Crippen molar-refractivity contribution in [3.8, 4) is 0 Å². The maximum atomic E-state index is 3.74. The molecule has 0 nitrogen and oxygen atoms in total. The van der Waals surface area contributed by atoms with Crippen molar-refractivity contribution in [2.75, 3.05) is 12.3 Å². The molecule has 0 fully saturated rings. The molecule has 0 unspecified atom stereocenters. The van der Waals surface area contributed by atoms with Crippen molar-refractivity contribution >= 4 is 37.1 Å². The average molecular weight is 692 g/mol. The molecule has 36 heavy (non-hydrogen) atoms. The van der Waals surface area contributed by atoms with Crippen molar-refractivity contribution in [1.82, 2.24) is 0 Å². The summed E-state index contributed by atoms with van der Waals surface area (Å²) in [6, 6.07) is 44.2. The van der Waals surface area contributed by atoms with E-state index in [1.807, 2.05) is 0 Å². The molecule has 0 N–H and O–H groups in total. The van der Waals surface area contributed by atoms with Gasteiger partial charge < -0.3 is 13.8 Å². The van der Waals surface area contributed by atoms with E-state index in [0.29, 0.717) is 0 Å². The van der Waals surface area contributed by atoms with Crippen LogP contribution in [0.25, 0.3) is 0 Å². The molecule has 0 saturated carbocycles.